The molecule has 2 fully saturated rings. The summed E-state index contributed by atoms with van der Waals surface area (Å²) >= 11 is 0. The molecule has 1 aromatic carbocycles. The van der Waals surface area contributed by atoms with Crippen LogP contribution in [0.4, 0.5) is 0 Å². The maximum Gasteiger partial charge on any atom is 0.222 e. The van der Waals surface area contributed by atoms with Gasteiger partial charge in [0.05, 0.1) is 0 Å². The molecule has 2 N–H and O–H groups in total. The number of hydrogen-bond donors (Lipinski definition) is 2. The van der Waals surface area contributed by atoms with E-state index in [4.69, 9.17) is 0 Å². The van der Waals surface area contributed by atoms with Crippen LogP contribution in [-0.4, -0.2) is 60.4 Å². The Morgan fingerprint density at radius 2 is 1.89 bits per heavy atom. The average molecular weight is 386 g/mol. The summed E-state index contributed by atoms with van der Waals surface area (Å²) in [6.45, 7) is 9.10. The Hall–Kier alpha value is -2.08. The second-order valence-electron chi connectivity index (χ2n) is 8.16. The van der Waals surface area contributed by atoms with Crippen LogP contribution in [0.2, 0.25) is 0 Å². The normalized spacial score (nSPS) is 19.5. The summed E-state index contributed by atoms with van der Waals surface area (Å²) < 4.78 is 0. The van der Waals surface area contributed by atoms with Gasteiger partial charge in [0, 0.05) is 58.3 Å². The van der Waals surface area contributed by atoms with E-state index in [2.05, 4.69) is 58.6 Å². The third-order valence-electron chi connectivity index (χ3n) is 5.92. The Kier molecular flexibility index (Phi) is 7.31. The monoisotopic (exact) mass is 385 g/mol. The van der Waals surface area contributed by atoms with Crippen molar-refractivity contribution < 1.29 is 4.79 Å². The summed E-state index contributed by atoms with van der Waals surface area (Å²) in [5, 5.41) is 7.05. The van der Waals surface area contributed by atoms with E-state index in [-0.39, 0.29) is 5.91 Å². The Balaban J connectivity index is 1.52. The van der Waals surface area contributed by atoms with Gasteiger partial charge in [-0.3, -0.25) is 9.79 Å². The Morgan fingerprint density at radius 3 is 2.50 bits per heavy atom. The Morgan fingerprint density at radius 1 is 1.18 bits per heavy atom. The number of rotatable bonds is 6. The van der Waals surface area contributed by atoms with Crippen molar-refractivity contribution in [3.63, 3.8) is 0 Å². The largest absolute Gasteiger partial charge is 0.354 e. The zero-order chi connectivity index (χ0) is 19.9. The van der Waals surface area contributed by atoms with E-state index in [1.54, 1.807) is 0 Å². The molecule has 1 aromatic rings. The van der Waals surface area contributed by atoms with E-state index in [9.17, 15) is 4.79 Å². The average Bonchev–Trinajstić information content (AvgIpc) is 3.11. The number of hydrogen-bond acceptors (Lipinski definition) is 3. The first-order valence-electron chi connectivity index (χ1n) is 10.6. The number of likely N-dealkylation sites (tertiary alicyclic amines) is 2. The number of nitrogens with one attached hydrogen (secondary N) is 2. The van der Waals surface area contributed by atoms with Crippen molar-refractivity contribution in [2.75, 3.05) is 26.7 Å². The molecule has 2 aliphatic heterocycles. The molecule has 6 heteroatoms. The molecule has 6 nitrogen and oxygen atoms in total. The smallest absolute Gasteiger partial charge is 0.222 e. The van der Waals surface area contributed by atoms with E-state index in [1.165, 1.54) is 11.1 Å². The molecule has 0 spiro atoms. The number of guanidine groups is 1. The molecule has 3 rings (SSSR count). The fraction of sp³-hybridized carbons (Fsp3) is 0.636. The van der Waals surface area contributed by atoms with Gasteiger partial charge in [-0.05, 0) is 44.2 Å². The van der Waals surface area contributed by atoms with Gasteiger partial charge in [0.25, 0.3) is 0 Å². The first-order valence-corrected chi connectivity index (χ1v) is 10.6. The van der Waals surface area contributed by atoms with Crippen molar-refractivity contribution in [2.45, 2.75) is 64.7 Å². The number of nitrogens with zero attached hydrogens (tertiary/aromatic N) is 3. The lowest BCUT2D eigenvalue weighted by Crippen LogP contribution is -2.49. The molecule has 0 aromatic heterocycles. The van der Waals surface area contributed by atoms with Gasteiger partial charge < -0.3 is 20.4 Å². The van der Waals surface area contributed by atoms with Crippen LogP contribution in [-0.2, 0) is 17.9 Å². The lowest BCUT2D eigenvalue weighted by molar-refractivity contribution is -0.128. The lowest BCUT2D eigenvalue weighted by atomic mass is 10.0. The van der Waals surface area contributed by atoms with Gasteiger partial charge in [0.2, 0.25) is 5.91 Å². The molecule has 0 atom stereocenters. The Bertz CT molecular complexity index is 679. The van der Waals surface area contributed by atoms with Crippen molar-refractivity contribution in [1.82, 2.24) is 20.4 Å². The van der Waals surface area contributed by atoms with Crippen LogP contribution < -0.4 is 10.6 Å². The number of benzene rings is 1. The first-order chi connectivity index (χ1) is 13.6. The second-order valence-corrected chi connectivity index (χ2v) is 8.16. The molecule has 0 saturated carbocycles. The van der Waals surface area contributed by atoms with Gasteiger partial charge in [-0.25, -0.2) is 0 Å². The molecule has 2 saturated heterocycles. The summed E-state index contributed by atoms with van der Waals surface area (Å²) in [5.74, 6) is 1.13. The fourth-order valence-corrected chi connectivity index (χ4v) is 4.09. The number of aliphatic imine (C=N–C) groups is 1. The van der Waals surface area contributed by atoms with Crippen LogP contribution in [0.1, 0.15) is 50.7 Å². The highest BCUT2D eigenvalue weighted by Gasteiger charge is 2.22. The van der Waals surface area contributed by atoms with Crippen LogP contribution in [0.15, 0.2) is 29.3 Å². The van der Waals surface area contributed by atoms with Gasteiger partial charge in [-0.15, -0.1) is 0 Å². The van der Waals surface area contributed by atoms with E-state index in [0.29, 0.717) is 31.6 Å². The number of amides is 1. The minimum atomic E-state index is 0.271. The molecule has 154 valence electrons. The molecule has 0 bridgehead atoms. The molecule has 0 radical (unpaired) electrons. The number of carbonyl (C=O) groups excluding carboxylic acids is 1. The summed E-state index contributed by atoms with van der Waals surface area (Å²) in [5.41, 5.74) is 2.44. The third-order valence-corrected chi connectivity index (χ3v) is 5.92. The quantitative estimate of drug-likeness (QED) is 0.583. The number of piperidine rings is 1. The first kappa shape index (κ1) is 20.6. The van der Waals surface area contributed by atoms with Crippen molar-refractivity contribution in [3.05, 3.63) is 35.4 Å². The highest BCUT2D eigenvalue weighted by Crippen LogP contribution is 2.17. The molecule has 2 heterocycles. The Labute approximate surface area is 169 Å². The zero-order valence-electron chi connectivity index (χ0n) is 17.6. The van der Waals surface area contributed by atoms with Crippen molar-refractivity contribution in [1.29, 1.82) is 0 Å². The maximum atomic E-state index is 12.0. The van der Waals surface area contributed by atoms with Crippen molar-refractivity contribution >= 4 is 11.9 Å². The minimum Gasteiger partial charge on any atom is -0.354 e. The molecule has 28 heavy (non-hydrogen) atoms. The standard InChI is InChI=1S/C22H35N5O/c1-17(2)26-13-10-20(11-14-26)25-22(23-3)24-15-18-7-4-5-8-19(18)16-27-12-6-9-21(27)28/h4-5,7-8,17,20H,6,9-16H2,1-3H3,(H2,23,24,25). The molecule has 2 aliphatic rings. The summed E-state index contributed by atoms with van der Waals surface area (Å²) in [6, 6.07) is 9.47. The fourth-order valence-electron chi connectivity index (χ4n) is 4.09. The van der Waals surface area contributed by atoms with Crippen molar-refractivity contribution in [2.24, 2.45) is 4.99 Å². The van der Waals surface area contributed by atoms with Gasteiger partial charge in [0.1, 0.15) is 0 Å². The van der Waals surface area contributed by atoms with Crippen LogP contribution >= 0.6 is 0 Å². The van der Waals surface area contributed by atoms with E-state index >= 15 is 0 Å². The summed E-state index contributed by atoms with van der Waals surface area (Å²) in [4.78, 5) is 20.9. The highest BCUT2D eigenvalue weighted by atomic mass is 16.2. The van der Waals surface area contributed by atoms with Gasteiger partial charge in [-0.1, -0.05) is 24.3 Å². The molecular weight excluding hydrogens is 350 g/mol. The predicted molar refractivity (Wildman–Crippen MR) is 114 cm³/mol. The second kappa shape index (κ2) is 9.92. The lowest BCUT2D eigenvalue weighted by Gasteiger charge is -2.35. The minimum absolute atomic E-state index is 0.271. The summed E-state index contributed by atoms with van der Waals surface area (Å²) in [7, 11) is 1.83. The van der Waals surface area contributed by atoms with Crippen LogP contribution in [0.5, 0.6) is 0 Å². The molecule has 0 aliphatic carbocycles. The zero-order valence-corrected chi connectivity index (χ0v) is 17.6. The third kappa shape index (κ3) is 5.47. The van der Waals surface area contributed by atoms with Gasteiger partial charge in [-0.2, -0.15) is 0 Å². The van der Waals surface area contributed by atoms with Crippen LogP contribution in [0.25, 0.3) is 0 Å². The molecular formula is C22H35N5O. The highest BCUT2D eigenvalue weighted by molar-refractivity contribution is 5.80. The van der Waals surface area contributed by atoms with Crippen molar-refractivity contribution in [3.8, 4) is 0 Å². The predicted octanol–water partition coefficient (Wildman–Crippen LogP) is 2.35. The van der Waals surface area contributed by atoms with E-state index in [1.807, 2.05) is 11.9 Å². The van der Waals surface area contributed by atoms with E-state index in [0.717, 1.165) is 44.9 Å². The summed E-state index contributed by atoms with van der Waals surface area (Å²) in [6.07, 6.45) is 3.96. The SMILES string of the molecule is CN=C(NCc1ccccc1CN1CCCC1=O)NC1CCN(C(C)C)CC1. The van der Waals surface area contributed by atoms with Gasteiger partial charge in [0.15, 0.2) is 5.96 Å². The number of carbonyl (C=O) groups is 1. The van der Waals surface area contributed by atoms with Crippen LogP contribution in [0, 0.1) is 0 Å². The van der Waals surface area contributed by atoms with Crippen LogP contribution in [0.3, 0.4) is 0 Å². The molecule has 0 unspecified atom stereocenters. The molecule has 1 amide bonds. The van der Waals surface area contributed by atoms with Gasteiger partial charge >= 0.3 is 0 Å². The topological polar surface area (TPSA) is 60.0 Å². The maximum absolute atomic E-state index is 12.0. The van der Waals surface area contributed by atoms with E-state index < -0.39 is 0 Å².